The maximum Gasteiger partial charge on any atom is 0.326 e. The van der Waals surface area contributed by atoms with Crippen molar-refractivity contribution in [2.45, 2.75) is 37.4 Å². The van der Waals surface area contributed by atoms with Crippen LogP contribution in [0, 0.1) is 0 Å². The Morgan fingerprint density at radius 1 is 1.00 bits per heavy atom. The largest absolute Gasteiger partial charge is 0.480 e. The molecule has 3 amide bonds. The van der Waals surface area contributed by atoms with Crippen molar-refractivity contribution in [3.63, 3.8) is 0 Å². The number of carboxylic acid groups (broad SMARTS) is 1. The average molecular weight is 380 g/mol. The molecule has 0 spiro atoms. The minimum atomic E-state index is -1.38. The van der Waals surface area contributed by atoms with E-state index in [9.17, 15) is 24.3 Å². The molecule has 3 atom stereocenters. The average Bonchev–Trinajstić information content (AvgIpc) is 2.62. The summed E-state index contributed by atoms with van der Waals surface area (Å²) in [5, 5.41) is 22.9. The predicted molar refractivity (Wildman–Crippen MR) is 95.1 cm³/mol. The molecule has 1 aromatic rings. The molecule has 1 aromatic carbocycles. The van der Waals surface area contributed by atoms with E-state index >= 15 is 0 Å². The number of carbonyl (C=O) groups is 4. The maximum atomic E-state index is 12.2. The van der Waals surface area contributed by atoms with Gasteiger partial charge in [0, 0.05) is 6.42 Å². The van der Waals surface area contributed by atoms with Gasteiger partial charge in [0.25, 0.3) is 0 Å². The van der Waals surface area contributed by atoms with Crippen LogP contribution in [-0.4, -0.2) is 58.6 Å². The summed E-state index contributed by atoms with van der Waals surface area (Å²) >= 11 is 0. The lowest BCUT2D eigenvalue weighted by Gasteiger charge is -2.21. The molecule has 148 valence electrons. The quantitative estimate of drug-likeness (QED) is 0.253. The third kappa shape index (κ3) is 7.84. The highest BCUT2D eigenvalue weighted by molar-refractivity contribution is 5.92. The van der Waals surface area contributed by atoms with Gasteiger partial charge in [-0.1, -0.05) is 30.3 Å². The van der Waals surface area contributed by atoms with Crippen LogP contribution in [0.25, 0.3) is 0 Å². The molecule has 0 bridgehead atoms. The lowest BCUT2D eigenvalue weighted by atomic mass is 10.1. The van der Waals surface area contributed by atoms with Gasteiger partial charge in [0.05, 0.1) is 12.6 Å². The van der Waals surface area contributed by atoms with E-state index in [2.05, 4.69) is 10.6 Å². The van der Waals surface area contributed by atoms with Crippen LogP contribution in [0.15, 0.2) is 30.3 Å². The van der Waals surface area contributed by atoms with Gasteiger partial charge in [-0.25, -0.2) is 4.79 Å². The lowest BCUT2D eigenvalue weighted by molar-refractivity contribution is -0.142. The molecule has 0 fully saturated rings. The standard InChI is InChI=1S/C17H24N4O6/c18-11(8-10-4-2-1-3-5-10)15(24)21-13(9-22)16(25)20-12(17(26)27)6-7-14(19)23/h1-5,11-13,22H,6-9,18H2,(H2,19,23)(H,20,25)(H,21,24)(H,26,27). The van der Waals surface area contributed by atoms with E-state index in [0.29, 0.717) is 0 Å². The highest BCUT2D eigenvalue weighted by Gasteiger charge is 2.27. The van der Waals surface area contributed by atoms with Crippen LogP contribution >= 0.6 is 0 Å². The van der Waals surface area contributed by atoms with Gasteiger partial charge in [-0.05, 0) is 18.4 Å². The van der Waals surface area contributed by atoms with E-state index in [-0.39, 0.29) is 19.3 Å². The highest BCUT2D eigenvalue weighted by Crippen LogP contribution is 2.03. The minimum absolute atomic E-state index is 0.212. The third-order valence-corrected chi connectivity index (χ3v) is 3.74. The van der Waals surface area contributed by atoms with Crippen LogP contribution < -0.4 is 22.1 Å². The minimum Gasteiger partial charge on any atom is -0.480 e. The summed E-state index contributed by atoms with van der Waals surface area (Å²) < 4.78 is 0. The summed E-state index contributed by atoms with van der Waals surface area (Å²) in [6.45, 7) is -0.752. The lowest BCUT2D eigenvalue weighted by Crippen LogP contribution is -2.56. The van der Waals surface area contributed by atoms with Gasteiger partial charge >= 0.3 is 5.97 Å². The Balaban J connectivity index is 2.64. The van der Waals surface area contributed by atoms with Crippen LogP contribution in [0.3, 0.4) is 0 Å². The molecule has 0 aliphatic rings. The van der Waals surface area contributed by atoms with Crippen molar-refractivity contribution in [3.8, 4) is 0 Å². The second kappa shape index (κ2) is 10.9. The van der Waals surface area contributed by atoms with Crippen molar-refractivity contribution in [3.05, 3.63) is 35.9 Å². The van der Waals surface area contributed by atoms with Gasteiger partial charge in [0.15, 0.2) is 0 Å². The number of rotatable bonds is 11. The Morgan fingerprint density at radius 3 is 2.11 bits per heavy atom. The number of aliphatic carboxylic acids is 1. The first kappa shape index (κ1) is 22.1. The summed E-state index contributed by atoms with van der Waals surface area (Å²) in [7, 11) is 0. The van der Waals surface area contributed by atoms with E-state index < -0.39 is 48.4 Å². The number of amides is 3. The molecule has 27 heavy (non-hydrogen) atoms. The zero-order chi connectivity index (χ0) is 20.4. The zero-order valence-electron chi connectivity index (χ0n) is 14.6. The first-order valence-corrected chi connectivity index (χ1v) is 8.26. The van der Waals surface area contributed by atoms with Crippen molar-refractivity contribution in [1.82, 2.24) is 10.6 Å². The van der Waals surface area contributed by atoms with Crippen molar-refractivity contribution in [1.29, 1.82) is 0 Å². The monoisotopic (exact) mass is 380 g/mol. The van der Waals surface area contributed by atoms with E-state index in [1.165, 1.54) is 0 Å². The van der Waals surface area contributed by atoms with Crippen molar-refractivity contribution in [2.24, 2.45) is 11.5 Å². The number of carboxylic acids is 1. The third-order valence-electron chi connectivity index (χ3n) is 3.74. The fourth-order valence-corrected chi connectivity index (χ4v) is 2.25. The fourth-order valence-electron chi connectivity index (χ4n) is 2.25. The molecule has 0 saturated heterocycles. The highest BCUT2D eigenvalue weighted by atomic mass is 16.4. The molecular formula is C17H24N4O6. The van der Waals surface area contributed by atoms with Gasteiger partial charge < -0.3 is 32.3 Å². The maximum absolute atomic E-state index is 12.2. The SMILES string of the molecule is NC(=O)CCC(NC(=O)C(CO)NC(=O)C(N)Cc1ccccc1)C(=O)O. The van der Waals surface area contributed by atoms with E-state index in [4.69, 9.17) is 16.6 Å². The first-order valence-electron chi connectivity index (χ1n) is 8.26. The first-order chi connectivity index (χ1) is 12.7. The van der Waals surface area contributed by atoms with Gasteiger partial charge in [-0.2, -0.15) is 0 Å². The van der Waals surface area contributed by atoms with Crippen molar-refractivity contribution in [2.75, 3.05) is 6.61 Å². The van der Waals surface area contributed by atoms with Crippen LogP contribution in [0.4, 0.5) is 0 Å². The molecule has 0 saturated carbocycles. The normalized spacial score (nSPS) is 13.9. The number of benzene rings is 1. The Kier molecular flexibility index (Phi) is 8.90. The zero-order valence-corrected chi connectivity index (χ0v) is 14.6. The van der Waals surface area contributed by atoms with Crippen molar-refractivity contribution >= 4 is 23.7 Å². The Labute approximate surface area is 155 Å². The van der Waals surface area contributed by atoms with Crippen LogP contribution in [-0.2, 0) is 25.6 Å². The smallest absolute Gasteiger partial charge is 0.326 e. The number of hydrogen-bond donors (Lipinski definition) is 6. The summed E-state index contributed by atoms with van der Waals surface area (Å²) in [5.74, 6) is -3.66. The number of nitrogens with two attached hydrogens (primary N) is 2. The Hall–Kier alpha value is -2.98. The second-order valence-electron chi connectivity index (χ2n) is 5.94. The molecule has 3 unspecified atom stereocenters. The molecule has 0 aromatic heterocycles. The van der Waals surface area contributed by atoms with Crippen LogP contribution in [0.2, 0.25) is 0 Å². The number of nitrogens with one attached hydrogen (secondary N) is 2. The molecule has 10 nitrogen and oxygen atoms in total. The van der Waals surface area contributed by atoms with Gasteiger partial charge in [0.2, 0.25) is 17.7 Å². The van der Waals surface area contributed by atoms with Gasteiger partial charge in [-0.15, -0.1) is 0 Å². The predicted octanol–water partition coefficient (Wildman–Crippen LogP) is -2.13. The number of primary amides is 1. The fraction of sp³-hybridized carbons (Fsp3) is 0.412. The Bertz CT molecular complexity index is 667. The molecule has 1 rings (SSSR count). The molecule has 0 radical (unpaired) electrons. The van der Waals surface area contributed by atoms with Crippen molar-refractivity contribution < 1.29 is 29.4 Å². The summed E-state index contributed by atoms with van der Waals surface area (Å²) in [6.07, 6.45) is -0.228. The second-order valence-corrected chi connectivity index (χ2v) is 5.94. The molecule has 10 heteroatoms. The number of aliphatic hydroxyl groups excluding tert-OH is 1. The van der Waals surface area contributed by atoms with Crippen LogP contribution in [0.5, 0.6) is 0 Å². The van der Waals surface area contributed by atoms with Gasteiger partial charge in [-0.3, -0.25) is 14.4 Å². The van der Waals surface area contributed by atoms with Gasteiger partial charge in [0.1, 0.15) is 12.1 Å². The Morgan fingerprint density at radius 2 is 1.59 bits per heavy atom. The van der Waals surface area contributed by atoms with Crippen LogP contribution in [0.1, 0.15) is 18.4 Å². The number of aliphatic hydroxyl groups is 1. The van der Waals surface area contributed by atoms with E-state index in [1.54, 1.807) is 24.3 Å². The van der Waals surface area contributed by atoms with E-state index in [1.807, 2.05) is 6.07 Å². The molecule has 0 aliphatic carbocycles. The topological polar surface area (TPSA) is 185 Å². The molecular weight excluding hydrogens is 356 g/mol. The summed E-state index contributed by atoms with van der Waals surface area (Å²) in [6, 6.07) is 5.27. The molecule has 0 heterocycles. The summed E-state index contributed by atoms with van der Waals surface area (Å²) in [4.78, 5) is 46.2. The molecule has 8 N–H and O–H groups in total. The molecule has 0 aliphatic heterocycles. The summed E-state index contributed by atoms with van der Waals surface area (Å²) in [5.41, 5.74) is 11.6. The number of hydrogen-bond acceptors (Lipinski definition) is 6. The van der Waals surface area contributed by atoms with E-state index in [0.717, 1.165) is 5.56 Å². The number of carbonyl (C=O) groups excluding carboxylic acids is 3.